The maximum atomic E-state index is 13.7. The summed E-state index contributed by atoms with van der Waals surface area (Å²) in [5.74, 6) is 0.677. The van der Waals surface area contributed by atoms with Crippen molar-refractivity contribution in [2.24, 2.45) is 5.92 Å². The molecule has 0 saturated carbocycles. The SMILES string of the molecule is C=C[C@H]1CCc2ccc(C(F)(F)F)cc2N1S(=O)(=O)c1ccc(OCC2CCOCC2)c(CO)c1. The highest BCUT2D eigenvalue weighted by atomic mass is 32.2. The van der Waals surface area contributed by atoms with E-state index in [0.717, 1.165) is 29.3 Å². The Morgan fingerprint density at radius 3 is 2.54 bits per heavy atom. The summed E-state index contributed by atoms with van der Waals surface area (Å²) in [5.41, 5.74) is -0.136. The predicted molar refractivity (Wildman–Crippen MR) is 125 cm³/mol. The van der Waals surface area contributed by atoms with Crippen molar-refractivity contribution < 1.29 is 36.2 Å². The second kappa shape index (κ2) is 10.2. The number of aliphatic hydroxyl groups excluding tert-OH is 1. The molecular formula is C25H28F3NO5S. The number of aliphatic hydroxyl groups is 1. The Balaban J connectivity index is 1.68. The van der Waals surface area contributed by atoms with Crippen LogP contribution in [-0.4, -0.2) is 39.4 Å². The van der Waals surface area contributed by atoms with E-state index in [0.29, 0.717) is 49.9 Å². The largest absolute Gasteiger partial charge is 0.493 e. The Kier molecular flexibility index (Phi) is 7.44. The van der Waals surface area contributed by atoms with Gasteiger partial charge in [0.05, 0.1) is 35.4 Å². The third kappa shape index (κ3) is 5.34. The van der Waals surface area contributed by atoms with Gasteiger partial charge in [-0.1, -0.05) is 12.1 Å². The summed E-state index contributed by atoms with van der Waals surface area (Å²) in [5, 5.41) is 9.89. The quantitative estimate of drug-likeness (QED) is 0.546. The molecule has 10 heteroatoms. The fraction of sp³-hybridized carbons (Fsp3) is 0.440. The number of alkyl halides is 3. The number of ether oxygens (including phenoxy) is 2. The summed E-state index contributed by atoms with van der Waals surface area (Å²) < 4.78 is 79.9. The summed E-state index contributed by atoms with van der Waals surface area (Å²) in [6.07, 6.45) is -0.647. The molecule has 0 unspecified atom stereocenters. The molecule has 2 heterocycles. The van der Waals surface area contributed by atoms with Crippen molar-refractivity contribution in [3.8, 4) is 5.75 Å². The predicted octanol–water partition coefficient (Wildman–Crippen LogP) is 4.70. The summed E-state index contributed by atoms with van der Waals surface area (Å²) in [6, 6.07) is 6.61. The normalized spacial score (nSPS) is 19.3. The third-order valence-electron chi connectivity index (χ3n) is 6.51. The van der Waals surface area contributed by atoms with Gasteiger partial charge in [-0.25, -0.2) is 8.42 Å². The Hall–Kier alpha value is -2.56. The molecule has 2 aliphatic rings. The van der Waals surface area contributed by atoms with E-state index in [2.05, 4.69) is 6.58 Å². The van der Waals surface area contributed by atoms with E-state index < -0.39 is 34.4 Å². The molecule has 6 nitrogen and oxygen atoms in total. The number of halogens is 3. The number of benzene rings is 2. The molecule has 2 aromatic carbocycles. The van der Waals surface area contributed by atoms with E-state index in [4.69, 9.17) is 9.47 Å². The van der Waals surface area contributed by atoms with Gasteiger partial charge in [0.2, 0.25) is 0 Å². The van der Waals surface area contributed by atoms with Crippen molar-refractivity contribution in [1.82, 2.24) is 0 Å². The van der Waals surface area contributed by atoms with E-state index in [9.17, 15) is 26.7 Å². The van der Waals surface area contributed by atoms with Gasteiger partial charge in [-0.2, -0.15) is 13.2 Å². The molecule has 1 fully saturated rings. The van der Waals surface area contributed by atoms with Crippen LogP contribution in [-0.2, 0) is 34.0 Å². The molecule has 0 aliphatic carbocycles. The van der Waals surface area contributed by atoms with Gasteiger partial charge in [0.15, 0.2) is 0 Å². The molecule has 2 aromatic rings. The molecule has 190 valence electrons. The van der Waals surface area contributed by atoms with Gasteiger partial charge in [0, 0.05) is 18.8 Å². The number of aryl methyl sites for hydroxylation is 1. The molecule has 2 aliphatic heterocycles. The standard InChI is InChI=1S/C25H28F3NO5S/c1-2-21-6-4-18-3-5-20(25(26,27)28)14-23(18)29(21)35(31,32)22-7-8-24(19(13-22)15-30)34-16-17-9-11-33-12-10-17/h2-3,5,7-8,13-14,17,21,30H,1,4,6,9-12,15-16H2/t21-/m0/s1. The Morgan fingerprint density at radius 1 is 1.14 bits per heavy atom. The number of hydrogen-bond donors (Lipinski definition) is 1. The van der Waals surface area contributed by atoms with Gasteiger partial charge >= 0.3 is 6.18 Å². The van der Waals surface area contributed by atoms with E-state index in [1.165, 1.54) is 30.3 Å². The highest BCUT2D eigenvalue weighted by molar-refractivity contribution is 7.92. The lowest BCUT2D eigenvalue weighted by atomic mass is 9.96. The van der Waals surface area contributed by atoms with Crippen LogP contribution in [0.5, 0.6) is 5.75 Å². The maximum absolute atomic E-state index is 13.7. The molecule has 0 bridgehead atoms. The van der Waals surface area contributed by atoms with Crippen LogP contribution >= 0.6 is 0 Å². The van der Waals surface area contributed by atoms with Crippen molar-refractivity contribution in [3.05, 3.63) is 65.7 Å². The fourth-order valence-electron chi connectivity index (χ4n) is 4.49. The minimum absolute atomic E-state index is 0.0126. The van der Waals surface area contributed by atoms with E-state index >= 15 is 0 Å². The second-order valence-electron chi connectivity index (χ2n) is 8.78. The van der Waals surface area contributed by atoms with Crippen LogP contribution in [0.3, 0.4) is 0 Å². The van der Waals surface area contributed by atoms with Gasteiger partial charge in [0.1, 0.15) is 5.75 Å². The number of anilines is 1. The number of nitrogens with zero attached hydrogens (tertiary/aromatic N) is 1. The highest BCUT2D eigenvalue weighted by Gasteiger charge is 2.38. The van der Waals surface area contributed by atoms with E-state index in [-0.39, 0.29) is 16.1 Å². The van der Waals surface area contributed by atoms with Crippen molar-refractivity contribution >= 4 is 15.7 Å². The lowest BCUT2D eigenvalue weighted by molar-refractivity contribution is -0.137. The van der Waals surface area contributed by atoms with Crippen LogP contribution in [0.2, 0.25) is 0 Å². The summed E-state index contributed by atoms with van der Waals surface area (Å²) in [7, 11) is -4.27. The first-order valence-electron chi connectivity index (χ1n) is 11.5. The minimum Gasteiger partial charge on any atom is -0.493 e. The van der Waals surface area contributed by atoms with Gasteiger partial charge in [0.25, 0.3) is 10.0 Å². The fourth-order valence-corrected chi connectivity index (χ4v) is 6.23. The van der Waals surface area contributed by atoms with Crippen LogP contribution in [0.25, 0.3) is 0 Å². The summed E-state index contributed by atoms with van der Waals surface area (Å²) in [6.45, 7) is 5.00. The number of sulfonamides is 1. The molecule has 1 atom stereocenters. The van der Waals surface area contributed by atoms with Crippen LogP contribution in [0.4, 0.5) is 18.9 Å². The molecule has 0 spiro atoms. The number of rotatable bonds is 7. The lowest BCUT2D eigenvalue weighted by Gasteiger charge is -2.36. The van der Waals surface area contributed by atoms with Crippen molar-refractivity contribution in [3.63, 3.8) is 0 Å². The molecule has 0 aromatic heterocycles. The molecule has 35 heavy (non-hydrogen) atoms. The number of fused-ring (bicyclic) bond motifs is 1. The summed E-state index contributed by atoms with van der Waals surface area (Å²) in [4.78, 5) is -0.142. The van der Waals surface area contributed by atoms with Crippen molar-refractivity contribution in [1.29, 1.82) is 0 Å². The van der Waals surface area contributed by atoms with Crippen LogP contribution < -0.4 is 9.04 Å². The molecule has 0 amide bonds. The lowest BCUT2D eigenvalue weighted by Crippen LogP contribution is -2.42. The second-order valence-corrected chi connectivity index (χ2v) is 10.6. The number of hydrogen-bond acceptors (Lipinski definition) is 5. The molecule has 1 N–H and O–H groups in total. The van der Waals surface area contributed by atoms with Crippen LogP contribution in [0.1, 0.15) is 36.0 Å². The van der Waals surface area contributed by atoms with Crippen molar-refractivity contribution in [2.75, 3.05) is 24.1 Å². The van der Waals surface area contributed by atoms with E-state index in [1.54, 1.807) is 0 Å². The Bertz CT molecular complexity index is 1180. The highest BCUT2D eigenvalue weighted by Crippen LogP contribution is 2.40. The molecular weight excluding hydrogens is 483 g/mol. The van der Waals surface area contributed by atoms with Gasteiger partial charge < -0.3 is 14.6 Å². The van der Waals surface area contributed by atoms with E-state index in [1.807, 2.05) is 0 Å². The first kappa shape index (κ1) is 25.5. The average molecular weight is 512 g/mol. The first-order chi connectivity index (χ1) is 16.6. The molecule has 4 rings (SSSR count). The zero-order valence-electron chi connectivity index (χ0n) is 19.1. The molecule has 1 saturated heterocycles. The maximum Gasteiger partial charge on any atom is 0.416 e. The van der Waals surface area contributed by atoms with Gasteiger partial charge in [-0.15, -0.1) is 6.58 Å². The smallest absolute Gasteiger partial charge is 0.416 e. The van der Waals surface area contributed by atoms with Crippen LogP contribution in [0, 0.1) is 5.92 Å². The minimum atomic E-state index is -4.61. The Morgan fingerprint density at radius 2 is 1.89 bits per heavy atom. The third-order valence-corrected chi connectivity index (χ3v) is 8.34. The monoisotopic (exact) mass is 511 g/mol. The topological polar surface area (TPSA) is 76.1 Å². The zero-order chi connectivity index (χ0) is 25.2. The first-order valence-corrected chi connectivity index (χ1v) is 12.9. The average Bonchev–Trinajstić information content (AvgIpc) is 2.86. The Labute approximate surface area is 203 Å². The van der Waals surface area contributed by atoms with Crippen LogP contribution in [0.15, 0.2) is 53.9 Å². The van der Waals surface area contributed by atoms with Gasteiger partial charge in [-0.3, -0.25) is 4.31 Å². The summed E-state index contributed by atoms with van der Waals surface area (Å²) >= 11 is 0. The molecule has 0 radical (unpaired) electrons. The van der Waals surface area contributed by atoms with Crippen molar-refractivity contribution in [2.45, 2.75) is 49.4 Å². The van der Waals surface area contributed by atoms with Gasteiger partial charge in [-0.05, 0) is 67.5 Å². The zero-order valence-corrected chi connectivity index (χ0v) is 19.9.